The van der Waals surface area contributed by atoms with Crippen molar-refractivity contribution in [1.82, 2.24) is 10.2 Å². The van der Waals surface area contributed by atoms with Crippen LogP contribution in [0.5, 0.6) is 0 Å². The van der Waals surface area contributed by atoms with Gasteiger partial charge in [-0.05, 0) is 38.8 Å². The lowest BCUT2D eigenvalue weighted by atomic mass is 9.94. The number of nitrogens with one attached hydrogen (secondary N) is 1. The molecule has 0 aromatic rings. The van der Waals surface area contributed by atoms with Gasteiger partial charge in [-0.25, -0.2) is 0 Å². The van der Waals surface area contributed by atoms with Crippen LogP contribution in [0.1, 0.15) is 19.3 Å². The van der Waals surface area contributed by atoms with Gasteiger partial charge in [-0.15, -0.1) is 12.4 Å². The van der Waals surface area contributed by atoms with Crippen LogP contribution in [0.3, 0.4) is 0 Å². The maximum absolute atomic E-state index is 5.56. The molecule has 0 amide bonds. The third-order valence-electron chi connectivity index (χ3n) is 3.06. The molecule has 0 aromatic carbocycles. The number of ether oxygens (including phenoxy) is 1. The number of hydrogen-bond donors (Lipinski definition) is 1. The fourth-order valence-electron chi connectivity index (χ4n) is 2.40. The summed E-state index contributed by atoms with van der Waals surface area (Å²) in [7, 11) is 2.22. The summed E-state index contributed by atoms with van der Waals surface area (Å²) in [6.07, 6.45) is 4.28. The van der Waals surface area contributed by atoms with Crippen molar-refractivity contribution in [2.24, 2.45) is 5.92 Å². The Morgan fingerprint density at radius 1 is 1.50 bits per heavy atom. The molecule has 0 radical (unpaired) electrons. The van der Waals surface area contributed by atoms with Crippen molar-refractivity contribution in [3.05, 3.63) is 0 Å². The van der Waals surface area contributed by atoms with Gasteiger partial charge in [0.25, 0.3) is 0 Å². The predicted octanol–water partition coefficient (Wildman–Crippen LogP) is 1.09. The first-order chi connectivity index (χ1) is 6.34. The Morgan fingerprint density at radius 3 is 3.00 bits per heavy atom. The lowest BCUT2D eigenvalue weighted by Gasteiger charge is -2.30. The highest BCUT2D eigenvalue weighted by Crippen LogP contribution is 2.21. The van der Waals surface area contributed by atoms with Gasteiger partial charge in [0.05, 0.1) is 6.61 Å². The molecule has 3 nitrogen and oxygen atoms in total. The molecule has 2 unspecified atom stereocenters. The van der Waals surface area contributed by atoms with E-state index in [2.05, 4.69) is 17.3 Å². The summed E-state index contributed by atoms with van der Waals surface area (Å²) in [6, 6.07) is 0. The number of nitrogens with zero attached hydrogens (tertiary/aromatic N) is 1. The molecule has 0 aliphatic carbocycles. The maximum atomic E-state index is 5.56. The van der Waals surface area contributed by atoms with Gasteiger partial charge in [-0.3, -0.25) is 5.32 Å². The van der Waals surface area contributed by atoms with E-state index in [9.17, 15) is 0 Å². The summed E-state index contributed by atoms with van der Waals surface area (Å²) in [5, 5.41) is 3.38. The first-order valence-corrected chi connectivity index (χ1v) is 5.38. The summed E-state index contributed by atoms with van der Waals surface area (Å²) in [4.78, 5) is 2.43. The number of piperidine rings is 1. The minimum absolute atomic E-state index is 0. The van der Waals surface area contributed by atoms with Gasteiger partial charge >= 0.3 is 0 Å². The smallest absolute Gasteiger partial charge is 0.108 e. The minimum atomic E-state index is 0. The molecule has 0 saturated carbocycles. The van der Waals surface area contributed by atoms with Crippen molar-refractivity contribution in [2.45, 2.75) is 25.5 Å². The molecule has 0 bridgehead atoms. The quantitative estimate of drug-likeness (QED) is 0.754. The molecular weight excluding hydrogens is 200 g/mol. The zero-order valence-electron chi connectivity index (χ0n) is 8.87. The average Bonchev–Trinajstić information content (AvgIpc) is 2.57. The lowest BCUT2D eigenvalue weighted by Crippen LogP contribution is -2.36. The van der Waals surface area contributed by atoms with E-state index in [1.54, 1.807) is 0 Å². The molecule has 84 valence electrons. The highest BCUT2D eigenvalue weighted by Gasteiger charge is 2.23. The standard InChI is InChI=1S/C10H20N2O.ClH/c1-12-5-2-3-9(8-12)7-10-11-4-6-13-10;/h9-11H,2-8H2,1H3;1H. The Bertz CT molecular complexity index is 162. The van der Waals surface area contributed by atoms with Crippen LogP contribution in [0, 0.1) is 5.92 Å². The van der Waals surface area contributed by atoms with Crippen LogP contribution in [0.2, 0.25) is 0 Å². The molecule has 0 aromatic heterocycles. The monoisotopic (exact) mass is 220 g/mol. The van der Waals surface area contributed by atoms with Crippen molar-refractivity contribution in [3.63, 3.8) is 0 Å². The van der Waals surface area contributed by atoms with Gasteiger partial charge in [-0.2, -0.15) is 0 Å². The molecule has 2 fully saturated rings. The second-order valence-corrected chi connectivity index (χ2v) is 4.32. The third-order valence-corrected chi connectivity index (χ3v) is 3.06. The van der Waals surface area contributed by atoms with E-state index in [0.29, 0.717) is 6.23 Å². The van der Waals surface area contributed by atoms with E-state index in [-0.39, 0.29) is 12.4 Å². The molecule has 2 aliphatic rings. The Labute approximate surface area is 92.6 Å². The predicted molar refractivity (Wildman–Crippen MR) is 59.8 cm³/mol. The van der Waals surface area contributed by atoms with Gasteiger partial charge in [0, 0.05) is 13.1 Å². The molecule has 4 heteroatoms. The molecule has 2 atom stereocenters. The Hall–Kier alpha value is 0.170. The molecule has 0 spiro atoms. The third kappa shape index (κ3) is 3.39. The van der Waals surface area contributed by atoms with Crippen LogP contribution in [0.4, 0.5) is 0 Å². The van der Waals surface area contributed by atoms with E-state index in [1.165, 1.54) is 32.4 Å². The van der Waals surface area contributed by atoms with Crippen LogP contribution in [-0.4, -0.2) is 44.4 Å². The lowest BCUT2D eigenvalue weighted by molar-refractivity contribution is 0.0644. The van der Waals surface area contributed by atoms with E-state index in [1.807, 2.05) is 0 Å². The second-order valence-electron chi connectivity index (χ2n) is 4.32. The van der Waals surface area contributed by atoms with Gasteiger partial charge in [-0.1, -0.05) is 0 Å². The number of rotatable bonds is 2. The zero-order chi connectivity index (χ0) is 9.10. The van der Waals surface area contributed by atoms with Crippen LogP contribution in [0.15, 0.2) is 0 Å². The summed E-state index contributed by atoms with van der Waals surface area (Å²) < 4.78 is 5.56. The van der Waals surface area contributed by atoms with E-state index < -0.39 is 0 Å². The van der Waals surface area contributed by atoms with Gasteiger partial charge in [0.2, 0.25) is 0 Å². The summed E-state index contributed by atoms with van der Waals surface area (Å²) in [6.45, 7) is 4.46. The maximum Gasteiger partial charge on any atom is 0.108 e. The topological polar surface area (TPSA) is 24.5 Å². The Balaban J connectivity index is 0.000000980. The van der Waals surface area contributed by atoms with E-state index in [4.69, 9.17) is 4.74 Å². The Morgan fingerprint density at radius 2 is 2.36 bits per heavy atom. The first kappa shape index (κ1) is 12.2. The molecule has 2 rings (SSSR count). The summed E-state index contributed by atoms with van der Waals surface area (Å²) in [5.41, 5.74) is 0. The van der Waals surface area contributed by atoms with Crippen molar-refractivity contribution in [1.29, 1.82) is 0 Å². The van der Waals surface area contributed by atoms with Gasteiger partial charge in [0.15, 0.2) is 0 Å². The molecule has 14 heavy (non-hydrogen) atoms. The molecule has 2 heterocycles. The fraction of sp³-hybridized carbons (Fsp3) is 1.00. The summed E-state index contributed by atoms with van der Waals surface area (Å²) in [5.74, 6) is 0.842. The van der Waals surface area contributed by atoms with Crippen LogP contribution >= 0.6 is 12.4 Å². The van der Waals surface area contributed by atoms with Crippen LogP contribution in [0.25, 0.3) is 0 Å². The van der Waals surface area contributed by atoms with Crippen molar-refractivity contribution < 1.29 is 4.74 Å². The molecule has 2 aliphatic heterocycles. The van der Waals surface area contributed by atoms with Crippen molar-refractivity contribution in [2.75, 3.05) is 33.3 Å². The van der Waals surface area contributed by atoms with E-state index >= 15 is 0 Å². The first-order valence-electron chi connectivity index (χ1n) is 5.38. The minimum Gasteiger partial charge on any atom is -0.362 e. The number of hydrogen-bond acceptors (Lipinski definition) is 3. The molecule has 2 saturated heterocycles. The second kappa shape index (κ2) is 5.91. The van der Waals surface area contributed by atoms with Crippen molar-refractivity contribution in [3.8, 4) is 0 Å². The van der Waals surface area contributed by atoms with Crippen molar-refractivity contribution >= 4 is 12.4 Å². The van der Waals surface area contributed by atoms with Gasteiger partial charge in [0.1, 0.15) is 6.23 Å². The highest BCUT2D eigenvalue weighted by atomic mass is 35.5. The largest absolute Gasteiger partial charge is 0.362 e. The van der Waals surface area contributed by atoms with E-state index in [0.717, 1.165) is 19.1 Å². The van der Waals surface area contributed by atoms with Crippen LogP contribution < -0.4 is 5.32 Å². The summed E-state index contributed by atoms with van der Waals surface area (Å²) >= 11 is 0. The molecule has 1 N–H and O–H groups in total. The Kier molecular flexibility index (Phi) is 5.17. The van der Waals surface area contributed by atoms with Crippen LogP contribution in [-0.2, 0) is 4.74 Å². The SMILES string of the molecule is CN1CCCC(CC2NCCO2)C1.Cl. The zero-order valence-corrected chi connectivity index (χ0v) is 9.68. The average molecular weight is 221 g/mol. The fourth-order valence-corrected chi connectivity index (χ4v) is 2.40. The highest BCUT2D eigenvalue weighted by molar-refractivity contribution is 5.85. The van der Waals surface area contributed by atoms with Gasteiger partial charge < -0.3 is 9.64 Å². The normalized spacial score (nSPS) is 34.1. The number of likely N-dealkylation sites (tertiary alicyclic amines) is 1. The molecular formula is C10H21ClN2O. The number of halogens is 1.